The Kier molecular flexibility index (Phi) is 5.92. The number of pyridine rings is 2. The van der Waals surface area contributed by atoms with Gasteiger partial charge in [-0.3, -0.25) is 14.9 Å². The van der Waals surface area contributed by atoms with Crippen LogP contribution in [0.15, 0.2) is 71.7 Å². The molecule has 160 valence electrons. The van der Waals surface area contributed by atoms with E-state index in [4.69, 9.17) is 14.7 Å². The Hall–Kier alpha value is -3.16. The van der Waals surface area contributed by atoms with Gasteiger partial charge in [0.15, 0.2) is 5.82 Å². The summed E-state index contributed by atoms with van der Waals surface area (Å²) in [5.74, 6) is 1.58. The largest absolute Gasteiger partial charge is 0.496 e. The Labute approximate surface area is 195 Å². The number of fused-ring (bicyclic) bond motifs is 1. The van der Waals surface area contributed by atoms with Gasteiger partial charge in [-0.05, 0) is 42.0 Å². The van der Waals surface area contributed by atoms with E-state index in [0.717, 1.165) is 64.6 Å². The van der Waals surface area contributed by atoms with Crippen LogP contribution in [0.25, 0.3) is 22.6 Å². The van der Waals surface area contributed by atoms with Crippen LogP contribution in [-0.4, -0.2) is 38.5 Å². The zero-order valence-corrected chi connectivity index (χ0v) is 19.3. The predicted molar refractivity (Wildman–Crippen MR) is 127 cm³/mol. The molecule has 7 heteroatoms. The molecule has 4 heterocycles. The molecule has 0 bridgehead atoms. The van der Waals surface area contributed by atoms with E-state index in [1.807, 2.05) is 42.7 Å². The number of rotatable bonds is 5. The highest BCUT2D eigenvalue weighted by Crippen LogP contribution is 2.31. The van der Waals surface area contributed by atoms with Gasteiger partial charge in [0.05, 0.1) is 18.5 Å². The second kappa shape index (κ2) is 9.14. The predicted octanol–water partition coefficient (Wildman–Crippen LogP) is 4.93. The molecule has 0 fully saturated rings. The summed E-state index contributed by atoms with van der Waals surface area (Å²) in [5, 5.41) is 0. The van der Waals surface area contributed by atoms with E-state index < -0.39 is 0 Å². The van der Waals surface area contributed by atoms with Crippen LogP contribution in [0.4, 0.5) is 0 Å². The highest BCUT2D eigenvalue weighted by molar-refractivity contribution is 9.10. The average Bonchev–Trinajstić information content (AvgIpc) is 2.85. The molecule has 0 unspecified atom stereocenters. The molecule has 0 amide bonds. The van der Waals surface area contributed by atoms with Crippen LogP contribution in [0.5, 0.6) is 5.75 Å². The molecule has 32 heavy (non-hydrogen) atoms. The minimum absolute atomic E-state index is 0.766. The minimum Gasteiger partial charge on any atom is -0.496 e. The van der Waals surface area contributed by atoms with E-state index in [9.17, 15) is 0 Å². The highest BCUT2D eigenvalue weighted by atomic mass is 79.9. The van der Waals surface area contributed by atoms with E-state index in [2.05, 4.69) is 42.9 Å². The van der Waals surface area contributed by atoms with Crippen molar-refractivity contribution in [3.8, 4) is 28.4 Å². The Morgan fingerprint density at radius 1 is 1.03 bits per heavy atom. The number of nitrogens with zero attached hydrogens (tertiary/aromatic N) is 5. The summed E-state index contributed by atoms with van der Waals surface area (Å²) in [5.41, 5.74) is 6.38. The van der Waals surface area contributed by atoms with Gasteiger partial charge >= 0.3 is 0 Å². The molecule has 1 aliphatic rings. The fraction of sp³-hybridized carbons (Fsp3) is 0.200. The first-order chi connectivity index (χ1) is 15.7. The minimum atomic E-state index is 0.766. The summed E-state index contributed by atoms with van der Waals surface area (Å²) in [6, 6.07) is 14.0. The molecule has 0 N–H and O–H groups in total. The molecule has 0 aliphatic carbocycles. The monoisotopic (exact) mass is 487 g/mol. The molecule has 0 spiro atoms. The summed E-state index contributed by atoms with van der Waals surface area (Å²) in [4.78, 5) is 20.6. The Morgan fingerprint density at radius 2 is 1.91 bits per heavy atom. The van der Waals surface area contributed by atoms with Gasteiger partial charge in [0.2, 0.25) is 0 Å². The Bertz CT molecular complexity index is 1230. The van der Waals surface area contributed by atoms with Crippen LogP contribution < -0.4 is 4.74 Å². The summed E-state index contributed by atoms with van der Waals surface area (Å²) in [6.07, 6.45) is 8.37. The van der Waals surface area contributed by atoms with Crippen molar-refractivity contribution in [2.75, 3.05) is 13.7 Å². The quantitative estimate of drug-likeness (QED) is 0.397. The van der Waals surface area contributed by atoms with Gasteiger partial charge in [-0.1, -0.05) is 22.0 Å². The lowest BCUT2D eigenvalue weighted by atomic mass is 10.1. The number of benzene rings is 1. The Balaban J connectivity index is 1.29. The normalized spacial score (nSPS) is 13.6. The van der Waals surface area contributed by atoms with E-state index in [1.165, 1.54) is 11.1 Å². The zero-order chi connectivity index (χ0) is 21.9. The number of hydrogen-bond donors (Lipinski definition) is 0. The fourth-order valence-electron chi connectivity index (χ4n) is 3.97. The summed E-state index contributed by atoms with van der Waals surface area (Å²) in [7, 11) is 1.68. The first kappa shape index (κ1) is 20.7. The van der Waals surface area contributed by atoms with E-state index >= 15 is 0 Å². The number of hydrogen-bond acceptors (Lipinski definition) is 6. The van der Waals surface area contributed by atoms with Crippen molar-refractivity contribution in [2.45, 2.75) is 19.5 Å². The van der Waals surface area contributed by atoms with Crippen molar-refractivity contribution in [3.63, 3.8) is 0 Å². The number of halogens is 1. The van der Waals surface area contributed by atoms with Gasteiger partial charge in [0.1, 0.15) is 5.75 Å². The first-order valence-corrected chi connectivity index (χ1v) is 11.3. The number of methoxy groups -OCH3 is 1. The molecular weight excluding hydrogens is 466 g/mol. The molecule has 1 aliphatic heterocycles. The summed E-state index contributed by atoms with van der Waals surface area (Å²) in [6.45, 7) is 2.64. The zero-order valence-electron chi connectivity index (χ0n) is 17.7. The van der Waals surface area contributed by atoms with Crippen LogP contribution >= 0.6 is 15.9 Å². The summed E-state index contributed by atoms with van der Waals surface area (Å²) < 4.78 is 6.49. The second-order valence-electron chi connectivity index (χ2n) is 7.76. The third kappa shape index (κ3) is 4.40. The molecule has 6 nitrogen and oxygen atoms in total. The van der Waals surface area contributed by atoms with Crippen molar-refractivity contribution in [1.82, 2.24) is 24.8 Å². The standard InChI is InChI=1S/C25H22BrN5O/c1-32-24-5-3-20(26)12-21(24)23-4-2-17(13-28-23)15-31-11-8-22-19(16-31)14-29-25(30-22)18-6-9-27-10-7-18/h2-7,9-10,12-14H,8,11,15-16H2,1H3. The fourth-order valence-corrected chi connectivity index (χ4v) is 4.33. The lowest BCUT2D eigenvalue weighted by Crippen LogP contribution is -2.31. The second-order valence-corrected chi connectivity index (χ2v) is 8.67. The molecular formula is C25H22BrN5O. The lowest BCUT2D eigenvalue weighted by molar-refractivity contribution is 0.242. The van der Waals surface area contributed by atoms with Crippen molar-refractivity contribution in [1.29, 1.82) is 0 Å². The molecule has 0 atom stereocenters. The number of aromatic nitrogens is 4. The van der Waals surface area contributed by atoms with Crippen molar-refractivity contribution in [2.24, 2.45) is 0 Å². The maximum atomic E-state index is 5.49. The topological polar surface area (TPSA) is 64.0 Å². The third-order valence-electron chi connectivity index (χ3n) is 5.62. The van der Waals surface area contributed by atoms with Crippen molar-refractivity contribution in [3.05, 3.63) is 88.5 Å². The Morgan fingerprint density at radius 3 is 2.69 bits per heavy atom. The summed E-state index contributed by atoms with van der Waals surface area (Å²) >= 11 is 3.53. The highest BCUT2D eigenvalue weighted by Gasteiger charge is 2.19. The molecule has 0 saturated heterocycles. The molecule has 5 rings (SSSR count). The van der Waals surface area contributed by atoms with Crippen LogP contribution in [0, 0.1) is 0 Å². The SMILES string of the molecule is COc1ccc(Br)cc1-c1ccc(CN2CCc3nc(-c4ccncc4)ncc3C2)cn1. The molecule has 3 aromatic heterocycles. The van der Waals surface area contributed by atoms with Gasteiger partial charge in [-0.15, -0.1) is 0 Å². The molecule has 0 radical (unpaired) electrons. The number of ether oxygens (including phenoxy) is 1. The van der Waals surface area contributed by atoms with Gasteiger partial charge in [0.25, 0.3) is 0 Å². The van der Waals surface area contributed by atoms with E-state index in [-0.39, 0.29) is 0 Å². The average molecular weight is 488 g/mol. The van der Waals surface area contributed by atoms with Crippen LogP contribution in [-0.2, 0) is 19.5 Å². The molecule has 0 saturated carbocycles. The van der Waals surface area contributed by atoms with Crippen LogP contribution in [0.1, 0.15) is 16.8 Å². The van der Waals surface area contributed by atoms with Gasteiger partial charge < -0.3 is 4.74 Å². The maximum Gasteiger partial charge on any atom is 0.159 e. The van der Waals surface area contributed by atoms with E-state index in [0.29, 0.717) is 0 Å². The van der Waals surface area contributed by atoms with Crippen LogP contribution in [0.3, 0.4) is 0 Å². The lowest BCUT2D eigenvalue weighted by Gasteiger charge is -2.28. The van der Waals surface area contributed by atoms with Crippen LogP contribution in [0.2, 0.25) is 0 Å². The van der Waals surface area contributed by atoms with Crippen molar-refractivity contribution >= 4 is 15.9 Å². The van der Waals surface area contributed by atoms with E-state index in [1.54, 1.807) is 19.5 Å². The smallest absolute Gasteiger partial charge is 0.159 e. The maximum absolute atomic E-state index is 5.49. The third-order valence-corrected chi connectivity index (χ3v) is 6.11. The first-order valence-electron chi connectivity index (χ1n) is 10.5. The molecule has 4 aromatic rings. The van der Waals surface area contributed by atoms with Gasteiger partial charge in [-0.2, -0.15) is 0 Å². The van der Waals surface area contributed by atoms with Gasteiger partial charge in [-0.25, -0.2) is 9.97 Å². The van der Waals surface area contributed by atoms with Gasteiger partial charge in [0, 0.05) is 72.0 Å². The van der Waals surface area contributed by atoms with Crippen molar-refractivity contribution < 1.29 is 4.74 Å². The molecule has 1 aromatic carbocycles.